The van der Waals surface area contributed by atoms with E-state index < -0.39 is 5.60 Å². The Hall–Kier alpha value is -2.34. The molecule has 3 rings (SSSR count). The van der Waals surface area contributed by atoms with E-state index in [2.05, 4.69) is 15.3 Å². The molecule has 1 aliphatic heterocycles. The number of hydrogen-bond acceptors (Lipinski definition) is 5. The minimum atomic E-state index is -0.536. The number of rotatable bonds is 3. The molecule has 2 aromatic rings. The van der Waals surface area contributed by atoms with Crippen LogP contribution in [-0.4, -0.2) is 33.1 Å². The zero-order chi connectivity index (χ0) is 19.6. The van der Waals surface area contributed by atoms with Crippen molar-refractivity contribution in [1.82, 2.24) is 14.9 Å². The van der Waals surface area contributed by atoms with E-state index in [0.29, 0.717) is 25.5 Å². The summed E-state index contributed by atoms with van der Waals surface area (Å²) in [5.74, 6) is 0.702. The van der Waals surface area contributed by atoms with Crippen LogP contribution in [0.3, 0.4) is 0 Å². The third-order valence-corrected chi connectivity index (χ3v) is 4.45. The molecule has 0 fully saturated rings. The van der Waals surface area contributed by atoms with Crippen molar-refractivity contribution in [2.45, 2.75) is 52.3 Å². The molecule has 2 heterocycles. The van der Waals surface area contributed by atoms with Crippen LogP contribution in [0.25, 0.3) is 0 Å². The number of amides is 1. The fourth-order valence-electron chi connectivity index (χ4n) is 3.10. The first-order chi connectivity index (χ1) is 12.7. The minimum absolute atomic E-state index is 0.0408. The van der Waals surface area contributed by atoms with Crippen LogP contribution in [-0.2, 0) is 17.8 Å². The molecule has 1 aliphatic rings. The average molecular weight is 389 g/mol. The number of hydrogen-bond donors (Lipinski definition) is 1. The fourth-order valence-corrected chi connectivity index (χ4v) is 3.28. The maximum atomic E-state index is 12.5. The molecule has 27 heavy (non-hydrogen) atoms. The lowest BCUT2D eigenvalue weighted by Gasteiger charge is -2.34. The first-order valence-corrected chi connectivity index (χ1v) is 9.43. The molecule has 0 bridgehead atoms. The van der Waals surface area contributed by atoms with Crippen molar-refractivity contribution in [3.63, 3.8) is 0 Å². The van der Waals surface area contributed by atoms with Crippen LogP contribution in [0, 0.1) is 0 Å². The number of anilines is 1. The highest BCUT2D eigenvalue weighted by atomic mass is 35.5. The van der Waals surface area contributed by atoms with Gasteiger partial charge in [0.2, 0.25) is 5.28 Å². The smallest absolute Gasteiger partial charge is 0.410 e. The highest BCUT2D eigenvalue weighted by molar-refractivity contribution is 6.28. The topological polar surface area (TPSA) is 67.3 Å². The summed E-state index contributed by atoms with van der Waals surface area (Å²) in [6.07, 6.45) is -0.330. The first-order valence-electron chi connectivity index (χ1n) is 9.05. The summed E-state index contributed by atoms with van der Waals surface area (Å²) in [6, 6.07) is 10.0. The Kier molecular flexibility index (Phi) is 5.56. The number of benzene rings is 1. The Morgan fingerprint density at radius 2 is 2.00 bits per heavy atom. The number of fused-ring (bicyclic) bond motifs is 1. The van der Waals surface area contributed by atoms with Gasteiger partial charge in [-0.3, -0.25) is 0 Å². The van der Waals surface area contributed by atoms with Crippen LogP contribution in [0.4, 0.5) is 10.6 Å². The van der Waals surface area contributed by atoms with Gasteiger partial charge in [-0.1, -0.05) is 37.3 Å². The minimum Gasteiger partial charge on any atom is -0.444 e. The lowest BCUT2D eigenvalue weighted by atomic mass is 9.97. The molecule has 0 aliphatic carbocycles. The molecule has 0 radical (unpaired) electrons. The number of carbonyl (C=O) groups excluding carboxylic acids is 1. The summed E-state index contributed by atoms with van der Waals surface area (Å²) in [7, 11) is 0. The standard InChI is InChI=1S/C20H25ClN4O2/c1-13-11-25(19(26)27-20(2,3)4)12-15-16(13)23-18(21)24-17(15)22-10-14-8-6-5-7-9-14/h5-9,13H,10-12H2,1-4H3,(H,22,23,24). The molecule has 1 atom stereocenters. The number of ether oxygens (including phenoxy) is 1. The van der Waals surface area contributed by atoms with Gasteiger partial charge in [0.1, 0.15) is 11.4 Å². The predicted molar refractivity (Wildman–Crippen MR) is 106 cm³/mol. The van der Waals surface area contributed by atoms with Crippen molar-refractivity contribution in [1.29, 1.82) is 0 Å². The van der Waals surface area contributed by atoms with Gasteiger partial charge in [0.15, 0.2) is 0 Å². The summed E-state index contributed by atoms with van der Waals surface area (Å²) in [5.41, 5.74) is 2.37. The quantitative estimate of drug-likeness (QED) is 0.778. The molecular formula is C20H25ClN4O2. The Bertz CT molecular complexity index is 821. The second-order valence-electron chi connectivity index (χ2n) is 7.81. The molecule has 1 amide bonds. The molecule has 6 nitrogen and oxygen atoms in total. The second kappa shape index (κ2) is 7.72. The van der Waals surface area contributed by atoms with E-state index in [9.17, 15) is 4.79 Å². The van der Waals surface area contributed by atoms with Gasteiger partial charge in [-0.15, -0.1) is 0 Å². The van der Waals surface area contributed by atoms with Gasteiger partial charge in [0.25, 0.3) is 0 Å². The third-order valence-electron chi connectivity index (χ3n) is 4.28. The van der Waals surface area contributed by atoms with Crippen LogP contribution < -0.4 is 5.32 Å². The Balaban J connectivity index is 1.84. The van der Waals surface area contributed by atoms with Crippen molar-refractivity contribution in [3.05, 3.63) is 52.4 Å². The average Bonchev–Trinajstić information content (AvgIpc) is 2.59. The van der Waals surface area contributed by atoms with Crippen LogP contribution >= 0.6 is 11.6 Å². The van der Waals surface area contributed by atoms with Crippen molar-refractivity contribution in [2.75, 3.05) is 11.9 Å². The Labute approximate surface area is 164 Å². The fraction of sp³-hybridized carbons (Fsp3) is 0.450. The maximum absolute atomic E-state index is 12.5. The highest BCUT2D eigenvalue weighted by Crippen LogP contribution is 2.32. The van der Waals surface area contributed by atoms with Crippen molar-refractivity contribution in [3.8, 4) is 0 Å². The summed E-state index contributed by atoms with van der Waals surface area (Å²) in [5, 5.41) is 3.55. The lowest BCUT2D eigenvalue weighted by Crippen LogP contribution is -2.41. The zero-order valence-corrected chi connectivity index (χ0v) is 16.9. The van der Waals surface area contributed by atoms with Crippen molar-refractivity contribution >= 4 is 23.5 Å². The third kappa shape index (κ3) is 4.89. The van der Waals surface area contributed by atoms with Crippen molar-refractivity contribution < 1.29 is 9.53 Å². The number of carbonyl (C=O) groups is 1. The van der Waals surface area contributed by atoms with Crippen LogP contribution in [0.5, 0.6) is 0 Å². The van der Waals surface area contributed by atoms with Crippen LogP contribution in [0.15, 0.2) is 30.3 Å². The summed E-state index contributed by atoms with van der Waals surface area (Å²) >= 11 is 6.15. The molecule has 0 spiro atoms. The van der Waals surface area contributed by atoms with E-state index in [1.165, 1.54) is 0 Å². The largest absolute Gasteiger partial charge is 0.444 e. The molecule has 1 unspecified atom stereocenters. The predicted octanol–water partition coefficient (Wildman–Crippen LogP) is 4.60. The Morgan fingerprint density at radius 1 is 1.30 bits per heavy atom. The van der Waals surface area contributed by atoms with Gasteiger partial charge >= 0.3 is 6.09 Å². The van der Waals surface area contributed by atoms with Crippen molar-refractivity contribution in [2.24, 2.45) is 0 Å². The lowest BCUT2D eigenvalue weighted by molar-refractivity contribution is 0.0207. The second-order valence-corrected chi connectivity index (χ2v) is 8.14. The maximum Gasteiger partial charge on any atom is 0.410 e. The molecular weight excluding hydrogens is 364 g/mol. The number of nitrogens with zero attached hydrogens (tertiary/aromatic N) is 3. The first kappa shape index (κ1) is 19.4. The van der Waals surface area contributed by atoms with E-state index in [4.69, 9.17) is 16.3 Å². The van der Waals surface area contributed by atoms with E-state index in [1.807, 2.05) is 58.0 Å². The molecule has 1 aromatic heterocycles. The van der Waals surface area contributed by atoms with Gasteiger partial charge in [-0.25, -0.2) is 14.8 Å². The zero-order valence-electron chi connectivity index (χ0n) is 16.1. The van der Waals surface area contributed by atoms with E-state index >= 15 is 0 Å². The number of aromatic nitrogens is 2. The molecule has 1 N–H and O–H groups in total. The number of halogens is 1. The van der Waals surface area contributed by atoms with E-state index in [-0.39, 0.29) is 17.3 Å². The normalized spacial score (nSPS) is 16.6. The molecule has 144 valence electrons. The summed E-state index contributed by atoms with van der Waals surface area (Å²) in [4.78, 5) is 23.0. The molecule has 1 aromatic carbocycles. The van der Waals surface area contributed by atoms with Gasteiger partial charge in [0, 0.05) is 24.6 Å². The van der Waals surface area contributed by atoms with E-state index in [0.717, 1.165) is 16.8 Å². The molecule has 7 heteroatoms. The van der Waals surface area contributed by atoms with Crippen LogP contribution in [0.2, 0.25) is 5.28 Å². The van der Waals surface area contributed by atoms with Gasteiger partial charge in [-0.05, 0) is 37.9 Å². The SMILES string of the molecule is CC1CN(C(=O)OC(C)(C)C)Cc2c(NCc3ccccc3)nc(Cl)nc21. The van der Waals surface area contributed by atoms with Crippen LogP contribution in [0.1, 0.15) is 50.4 Å². The molecule has 0 saturated carbocycles. The number of nitrogens with one attached hydrogen (secondary N) is 1. The van der Waals surface area contributed by atoms with E-state index in [1.54, 1.807) is 4.90 Å². The molecule has 0 saturated heterocycles. The monoisotopic (exact) mass is 388 g/mol. The van der Waals surface area contributed by atoms with Gasteiger partial charge < -0.3 is 15.0 Å². The van der Waals surface area contributed by atoms with Gasteiger partial charge in [0.05, 0.1) is 12.2 Å². The summed E-state index contributed by atoms with van der Waals surface area (Å²) < 4.78 is 5.53. The Morgan fingerprint density at radius 3 is 2.67 bits per heavy atom. The highest BCUT2D eigenvalue weighted by Gasteiger charge is 2.32. The summed E-state index contributed by atoms with van der Waals surface area (Å²) in [6.45, 7) is 9.16. The van der Waals surface area contributed by atoms with Gasteiger partial charge in [-0.2, -0.15) is 0 Å².